The van der Waals surface area contributed by atoms with E-state index in [1.54, 1.807) is 24.3 Å². The smallest absolute Gasteiger partial charge is 0.234 e. The van der Waals surface area contributed by atoms with Crippen LogP contribution in [0.1, 0.15) is 24.4 Å². The summed E-state index contributed by atoms with van der Waals surface area (Å²) in [5.74, 6) is 1.17. The van der Waals surface area contributed by atoms with Gasteiger partial charge in [0.2, 0.25) is 5.91 Å². The zero-order valence-electron chi connectivity index (χ0n) is 17.1. The summed E-state index contributed by atoms with van der Waals surface area (Å²) >= 11 is 13.5. The van der Waals surface area contributed by atoms with Gasteiger partial charge in [-0.15, -0.1) is 16.8 Å². The fourth-order valence-corrected chi connectivity index (χ4v) is 3.99. The normalized spacial score (nSPS) is 11.7. The van der Waals surface area contributed by atoms with Gasteiger partial charge in [0.25, 0.3) is 0 Å². The van der Waals surface area contributed by atoms with Crippen molar-refractivity contribution in [3.05, 3.63) is 76.6 Å². The number of thioether (sulfide) groups is 1. The summed E-state index contributed by atoms with van der Waals surface area (Å²) < 4.78 is 7.83. The molecule has 0 aliphatic rings. The molecule has 6 nitrogen and oxygen atoms in total. The van der Waals surface area contributed by atoms with Gasteiger partial charge in [-0.05, 0) is 44.2 Å². The van der Waals surface area contributed by atoms with Crippen molar-refractivity contribution < 1.29 is 9.53 Å². The second-order valence-electron chi connectivity index (χ2n) is 6.78. The first-order valence-corrected chi connectivity index (χ1v) is 11.3. The van der Waals surface area contributed by atoms with Gasteiger partial charge in [-0.3, -0.25) is 9.36 Å². The fraction of sp³-hybridized carbons (Fsp3) is 0.227. The average molecular weight is 477 g/mol. The lowest BCUT2D eigenvalue weighted by atomic mass is 10.2. The number of hydrogen-bond donors (Lipinski definition) is 1. The van der Waals surface area contributed by atoms with Crippen LogP contribution in [0.15, 0.2) is 60.3 Å². The molecule has 0 saturated heterocycles. The Kier molecular flexibility index (Phi) is 8.01. The van der Waals surface area contributed by atoms with E-state index in [9.17, 15) is 4.79 Å². The number of aryl methyl sites for hydroxylation is 1. The number of amides is 1. The van der Waals surface area contributed by atoms with Gasteiger partial charge in [0.05, 0.1) is 10.8 Å². The maximum Gasteiger partial charge on any atom is 0.234 e. The standard InChI is InChI=1S/C22H22Cl2N4O2S/c1-4-11-28-21(15(3)30-19-10-7-16(23)12-18(19)24)26-27-22(28)31-13-20(29)25-17-8-5-14(2)6-9-17/h4-10,12,15H,1,11,13H2,2-3H3,(H,25,29). The molecule has 0 aliphatic carbocycles. The molecule has 0 bridgehead atoms. The first kappa shape index (κ1) is 23.2. The minimum atomic E-state index is -0.429. The number of nitrogens with one attached hydrogen (secondary N) is 1. The molecule has 2 aromatic carbocycles. The highest BCUT2D eigenvalue weighted by molar-refractivity contribution is 7.99. The van der Waals surface area contributed by atoms with E-state index in [4.69, 9.17) is 27.9 Å². The molecular weight excluding hydrogens is 455 g/mol. The van der Waals surface area contributed by atoms with Crippen LogP contribution in [0.25, 0.3) is 0 Å². The van der Waals surface area contributed by atoms with Gasteiger partial charge in [-0.1, -0.05) is 58.7 Å². The molecular formula is C22H22Cl2N4O2S. The highest BCUT2D eigenvalue weighted by Gasteiger charge is 2.20. The minimum Gasteiger partial charge on any atom is -0.481 e. The molecule has 1 aromatic heterocycles. The van der Waals surface area contributed by atoms with Crippen molar-refractivity contribution in [3.8, 4) is 5.75 Å². The van der Waals surface area contributed by atoms with Crippen LogP contribution in [0.4, 0.5) is 5.69 Å². The SMILES string of the molecule is C=CCn1c(SCC(=O)Nc2ccc(C)cc2)nnc1C(C)Oc1ccc(Cl)cc1Cl. The van der Waals surface area contributed by atoms with Crippen LogP contribution in [-0.2, 0) is 11.3 Å². The number of benzene rings is 2. The van der Waals surface area contributed by atoms with Gasteiger partial charge in [0.15, 0.2) is 17.1 Å². The second-order valence-corrected chi connectivity index (χ2v) is 8.56. The lowest BCUT2D eigenvalue weighted by Gasteiger charge is -2.16. The number of nitrogens with zero attached hydrogens (tertiary/aromatic N) is 3. The summed E-state index contributed by atoms with van der Waals surface area (Å²) in [7, 11) is 0. The van der Waals surface area contributed by atoms with Gasteiger partial charge in [0.1, 0.15) is 5.75 Å². The Morgan fingerprint density at radius 2 is 2.00 bits per heavy atom. The molecule has 3 rings (SSSR count). The van der Waals surface area contributed by atoms with Crippen LogP contribution in [0, 0.1) is 6.92 Å². The maximum absolute atomic E-state index is 12.3. The van der Waals surface area contributed by atoms with Crippen LogP contribution in [0.2, 0.25) is 10.0 Å². The Hall–Kier alpha value is -2.48. The van der Waals surface area contributed by atoms with Crippen molar-refractivity contribution in [1.82, 2.24) is 14.8 Å². The average Bonchev–Trinajstić information content (AvgIpc) is 3.13. The molecule has 0 spiro atoms. The van der Waals surface area contributed by atoms with Gasteiger partial charge in [-0.25, -0.2) is 0 Å². The van der Waals surface area contributed by atoms with Crippen LogP contribution in [0.5, 0.6) is 5.75 Å². The third-order valence-electron chi connectivity index (χ3n) is 4.29. The number of halogens is 2. The Balaban J connectivity index is 1.68. The van der Waals surface area contributed by atoms with Crippen LogP contribution < -0.4 is 10.1 Å². The van der Waals surface area contributed by atoms with Crippen LogP contribution in [0.3, 0.4) is 0 Å². The van der Waals surface area contributed by atoms with Gasteiger partial charge in [-0.2, -0.15) is 0 Å². The first-order chi connectivity index (χ1) is 14.9. The molecule has 0 radical (unpaired) electrons. The van der Waals surface area contributed by atoms with Crippen molar-refractivity contribution >= 4 is 46.6 Å². The summed E-state index contributed by atoms with van der Waals surface area (Å²) in [6, 6.07) is 12.7. The Labute approximate surface area is 195 Å². The van der Waals surface area contributed by atoms with E-state index in [0.717, 1.165) is 11.3 Å². The third kappa shape index (κ3) is 6.26. The van der Waals surface area contributed by atoms with Gasteiger partial charge < -0.3 is 10.1 Å². The lowest BCUT2D eigenvalue weighted by Crippen LogP contribution is -2.15. The van der Waals surface area contributed by atoms with Crippen molar-refractivity contribution in [2.75, 3.05) is 11.1 Å². The molecule has 31 heavy (non-hydrogen) atoms. The number of allylic oxidation sites excluding steroid dienone is 1. The molecule has 1 unspecified atom stereocenters. The summed E-state index contributed by atoms with van der Waals surface area (Å²) in [4.78, 5) is 12.3. The number of hydrogen-bond acceptors (Lipinski definition) is 5. The molecule has 9 heteroatoms. The molecule has 1 heterocycles. The predicted molar refractivity (Wildman–Crippen MR) is 126 cm³/mol. The number of anilines is 1. The van der Waals surface area contributed by atoms with E-state index in [1.807, 2.05) is 42.7 Å². The molecule has 1 N–H and O–H groups in total. The lowest BCUT2D eigenvalue weighted by molar-refractivity contribution is -0.113. The second kappa shape index (κ2) is 10.7. The highest BCUT2D eigenvalue weighted by atomic mass is 35.5. The molecule has 0 aliphatic heterocycles. The fourth-order valence-electron chi connectivity index (χ4n) is 2.79. The topological polar surface area (TPSA) is 69.0 Å². The summed E-state index contributed by atoms with van der Waals surface area (Å²) in [6.45, 7) is 8.13. The van der Waals surface area contributed by atoms with E-state index < -0.39 is 6.10 Å². The highest BCUT2D eigenvalue weighted by Crippen LogP contribution is 2.31. The Bertz CT molecular complexity index is 1070. The summed E-state index contributed by atoms with van der Waals surface area (Å²) in [6.07, 6.45) is 1.31. The molecule has 0 fully saturated rings. The number of aromatic nitrogens is 3. The first-order valence-electron chi connectivity index (χ1n) is 9.52. The van der Waals surface area contributed by atoms with E-state index >= 15 is 0 Å². The van der Waals surface area contributed by atoms with E-state index in [1.165, 1.54) is 11.8 Å². The van der Waals surface area contributed by atoms with E-state index in [2.05, 4.69) is 22.1 Å². The molecule has 3 aromatic rings. The monoisotopic (exact) mass is 476 g/mol. The van der Waals surface area contributed by atoms with Crippen LogP contribution >= 0.6 is 35.0 Å². The van der Waals surface area contributed by atoms with Crippen molar-refractivity contribution in [2.45, 2.75) is 31.7 Å². The maximum atomic E-state index is 12.3. The number of carbonyl (C=O) groups is 1. The third-order valence-corrected chi connectivity index (χ3v) is 5.78. The van der Waals surface area contributed by atoms with E-state index in [0.29, 0.717) is 33.3 Å². The number of ether oxygens (including phenoxy) is 1. The van der Waals surface area contributed by atoms with Crippen LogP contribution in [-0.4, -0.2) is 26.4 Å². The summed E-state index contributed by atoms with van der Waals surface area (Å²) in [5, 5.41) is 12.9. The predicted octanol–water partition coefficient (Wildman–Crippen LogP) is 5.95. The Morgan fingerprint density at radius 3 is 2.68 bits per heavy atom. The molecule has 1 atom stereocenters. The van der Waals surface area contributed by atoms with Crippen molar-refractivity contribution in [3.63, 3.8) is 0 Å². The number of carbonyl (C=O) groups excluding carboxylic acids is 1. The summed E-state index contributed by atoms with van der Waals surface area (Å²) in [5.41, 5.74) is 1.89. The van der Waals surface area contributed by atoms with E-state index in [-0.39, 0.29) is 11.7 Å². The van der Waals surface area contributed by atoms with Crippen molar-refractivity contribution in [1.29, 1.82) is 0 Å². The van der Waals surface area contributed by atoms with Gasteiger partial charge in [0, 0.05) is 17.3 Å². The molecule has 0 saturated carbocycles. The van der Waals surface area contributed by atoms with Crippen molar-refractivity contribution in [2.24, 2.45) is 0 Å². The molecule has 1 amide bonds. The van der Waals surface area contributed by atoms with Gasteiger partial charge >= 0.3 is 0 Å². The largest absolute Gasteiger partial charge is 0.481 e. The zero-order valence-corrected chi connectivity index (χ0v) is 19.5. The quantitative estimate of drug-likeness (QED) is 0.305. The zero-order chi connectivity index (χ0) is 22.4. The number of rotatable bonds is 9. The Morgan fingerprint density at radius 1 is 1.26 bits per heavy atom. The minimum absolute atomic E-state index is 0.124. The molecule has 162 valence electrons.